The Hall–Kier alpha value is -2.74. The highest BCUT2D eigenvalue weighted by molar-refractivity contribution is 6.00. The van der Waals surface area contributed by atoms with Crippen LogP contribution in [0.3, 0.4) is 0 Å². The fraction of sp³-hybridized carbons (Fsp3) is 0.474. The van der Waals surface area contributed by atoms with Crippen molar-refractivity contribution in [2.24, 2.45) is 11.7 Å². The van der Waals surface area contributed by atoms with Crippen LogP contribution in [0.2, 0.25) is 0 Å². The number of ketones is 1. The van der Waals surface area contributed by atoms with Crippen LogP contribution >= 0.6 is 0 Å². The molecule has 0 aliphatic carbocycles. The molecule has 27 heavy (non-hydrogen) atoms. The number of likely N-dealkylation sites (tertiary alicyclic amines) is 1. The lowest BCUT2D eigenvalue weighted by molar-refractivity contribution is -0.147. The van der Waals surface area contributed by atoms with Crippen molar-refractivity contribution in [3.8, 4) is 0 Å². The number of rotatable bonds is 8. The number of carbonyl (C=O) groups excluding carboxylic acids is 2. The number of carboxylic acids is 1. The van der Waals surface area contributed by atoms with Gasteiger partial charge in [0.05, 0.1) is 6.10 Å². The predicted octanol–water partition coefficient (Wildman–Crippen LogP) is 1.27. The highest BCUT2D eigenvalue weighted by Crippen LogP contribution is 2.19. The summed E-state index contributed by atoms with van der Waals surface area (Å²) in [6, 6.07) is 6.46. The molecule has 0 aromatic heterocycles. The second-order valence-electron chi connectivity index (χ2n) is 6.75. The minimum atomic E-state index is -1.00. The lowest BCUT2D eigenvalue weighted by Gasteiger charge is -2.33. The number of amidine groups is 1. The number of carbonyl (C=O) groups is 3. The molecular weight excluding hydrogens is 350 g/mol. The molecule has 146 valence electrons. The average molecular weight is 375 g/mol. The van der Waals surface area contributed by atoms with E-state index in [1.165, 1.54) is 0 Å². The molecule has 0 bridgehead atoms. The van der Waals surface area contributed by atoms with Crippen LogP contribution in [-0.4, -0.2) is 59.3 Å². The number of aliphatic carboxylic acids is 1. The summed E-state index contributed by atoms with van der Waals surface area (Å²) in [6.07, 6.45) is 1.13. The van der Waals surface area contributed by atoms with Crippen molar-refractivity contribution < 1.29 is 24.2 Å². The van der Waals surface area contributed by atoms with Gasteiger partial charge in [0, 0.05) is 36.6 Å². The van der Waals surface area contributed by atoms with Gasteiger partial charge in [0.15, 0.2) is 5.78 Å². The number of hydrogen-bond acceptors (Lipinski definition) is 5. The van der Waals surface area contributed by atoms with Gasteiger partial charge in [-0.1, -0.05) is 31.2 Å². The zero-order valence-electron chi connectivity index (χ0n) is 15.3. The molecular formula is C19H25N3O5. The van der Waals surface area contributed by atoms with E-state index in [1.807, 2.05) is 0 Å². The molecule has 8 nitrogen and oxygen atoms in total. The third-order valence-corrected chi connectivity index (χ3v) is 4.63. The number of Topliss-reactive ketones (excluding diaryl/α,β-unsaturated/α-hetero) is 1. The topological polar surface area (TPSA) is 134 Å². The first-order chi connectivity index (χ1) is 12.8. The standard InChI is InChI=1S/C19H25N3O5/c1-12(10-16(23)13-2-4-14(5-3-13)18(20)21)19(26)22-8-6-15(7-9-22)27-11-17(24)25/h2-5,12,15H,6-11H2,1H3,(H3,20,21)(H,24,25)/t12-/m1/s1. The largest absolute Gasteiger partial charge is 0.480 e. The number of nitrogens with two attached hydrogens (primary N) is 1. The Morgan fingerprint density at radius 3 is 2.30 bits per heavy atom. The summed E-state index contributed by atoms with van der Waals surface area (Å²) in [6.45, 7) is 2.40. The van der Waals surface area contributed by atoms with Gasteiger partial charge in [0.1, 0.15) is 12.4 Å². The van der Waals surface area contributed by atoms with Gasteiger partial charge in [-0.2, -0.15) is 0 Å². The highest BCUT2D eigenvalue weighted by Gasteiger charge is 2.28. The van der Waals surface area contributed by atoms with Crippen LogP contribution in [0.5, 0.6) is 0 Å². The van der Waals surface area contributed by atoms with E-state index in [9.17, 15) is 14.4 Å². The van der Waals surface area contributed by atoms with Crippen LogP contribution in [0, 0.1) is 11.3 Å². The van der Waals surface area contributed by atoms with Crippen LogP contribution in [0.1, 0.15) is 42.1 Å². The Bertz CT molecular complexity index is 709. The SMILES string of the molecule is C[C@H](CC(=O)c1ccc(C(=N)N)cc1)C(=O)N1CCC(OCC(=O)O)CC1. The van der Waals surface area contributed by atoms with E-state index in [-0.39, 0.29) is 36.7 Å². The van der Waals surface area contributed by atoms with Crippen molar-refractivity contribution in [3.63, 3.8) is 0 Å². The lowest BCUT2D eigenvalue weighted by atomic mass is 9.96. The molecule has 0 radical (unpaired) electrons. The van der Waals surface area contributed by atoms with Crippen molar-refractivity contribution in [2.45, 2.75) is 32.3 Å². The van der Waals surface area contributed by atoms with Crippen LogP contribution in [-0.2, 0) is 14.3 Å². The summed E-state index contributed by atoms with van der Waals surface area (Å²) in [5.41, 5.74) is 6.43. The molecule has 1 aromatic rings. The van der Waals surface area contributed by atoms with Gasteiger partial charge in [0.25, 0.3) is 0 Å². The summed E-state index contributed by atoms with van der Waals surface area (Å²) in [7, 11) is 0. The first-order valence-corrected chi connectivity index (χ1v) is 8.87. The number of carboxylic acid groups (broad SMARTS) is 1. The molecule has 8 heteroatoms. The summed E-state index contributed by atoms with van der Waals surface area (Å²) in [5, 5.41) is 16.0. The Labute approximate surface area is 157 Å². The number of nitrogens with one attached hydrogen (secondary N) is 1. The Kier molecular flexibility index (Phi) is 7.06. The number of nitrogen functional groups attached to an aromatic ring is 1. The Balaban J connectivity index is 1.84. The number of nitrogens with zero attached hydrogens (tertiary/aromatic N) is 1. The number of hydrogen-bond donors (Lipinski definition) is 3. The predicted molar refractivity (Wildman–Crippen MR) is 98.8 cm³/mol. The van der Waals surface area contributed by atoms with Crippen molar-refractivity contribution in [3.05, 3.63) is 35.4 Å². The number of amides is 1. The number of piperidine rings is 1. The molecule has 1 aromatic carbocycles. The van der Waals surface area contributed by atoms with Gasteiger partial charge in [-0.25, -0.2) is 4.79 Å². The zero-order valence-corrected chi connectivity index (χ0v) is 15.3. The summed E-state index contributed by atoms with van der Waals surface area (Å²) in [5.74, 6) is -1.72. The maximum Gasteiger partial charge on any atom is 0.329 e. The smallest absolute Gasteiger partial charge is 0.329 e. The van der Waals surface area contributed by atoms with E-state index in [0.717, 1.165) is 0 Å². The molecule has 0 unspecified atom stereocenters. The van der Waals surface area contributed by atoms with Gasteiger partial charge < -0.3 is 20.5 Å². The van der Waals surface area contributed by atoms with Crippen molar-refractivity contribution in [1.29, 1.82) is 5.41 Å². The van der Waals surface area contributed by atoms with E-state index in [2.05, 4.69) is 0 Å². The highest BCUT2D eigenvalue weighted by atomic mass is 16.5. The quantitative estimate of drug-likeness (QED) is 0.356. The normalized spacial score (nSPS) is 16.0. The fourth-order valence-electron chi connectivity index (χ4n) is 3.06. The van der Waals surface area contributed by atoms with Gasteiger partial charge in [-0.15, -0.1) is 0 Å². The number of benzene rings is 1. The zero-order chi connectivity index (χ0) is 20.0. The first-order valence-electron chi connectivity index (χ1n) is 8.87. The lowest BCUT2D eigenvalue weighted by Crippen LogP contribution is -2.43. The van der Waals surface area contributed by atoms with E-state index in [4.69, 9.17) is 21.0 Å². The van der Waals surface area contributed by atoms with E-state index in [1.54, 1.807) is 36.1 Å². The number of ether oxygens (including phenoxy) is 1. The van der Waals surface area contributed by atoms with Crippen molar-refractivity contribution >= 4 is 23.5 Å². The van der Waals surface area contributed by atoms with Crippen LogP contribution in [0.25, 0.3) is 0 Å². The molecule has 0 spiro atoms. The van der Waals surface area contributed by atoms with Gasteiger partial charge in [0.2, 0.25) is 5.91 Å². The van der Waals surface area contributed by atoms with Gasteiger partial charge >= 0.3 is 5.97 Å². The summed E-state index contributed by atoms with van der Waals surface area (Å²) >= 11 is 0. The second-order valence-corrected chi connectivity index (χ2v) is 6.75. The van der Waals surface area contributed by atoms with E-state index in [0.29, 0.717) is 37.1 Å². The maximum absolute atomic E-state index is 12.6. The average Bonchev–Trinajstić information content (AvgIpc) is 2.66. The van der Waals surface area contributed by atoms with Crippen LogP contribution in [0.15, 0.2) is 24.3 Å². The maximum atomic E-state index is 12.6. The van der Waals surface area contributed by atoms with Crippen molar-refractivity contribution in [2.75, 3.05) is 19.7 Å². The molecule has 1 aliphatic heterocycles. The molecule has 1 amide bonds. The van der Waals surface area contributed by atoms with Crippen molar-refractivity contribution in [1.82, 2.24) is 4.90 Å². The molecule has 0 saturated carbocycles. The van der Waals surface area contributed by atoms with E-state index < -0.39 is 11.9 Å². The summed E-state index contributed by atoms with van der Waals surface area (Å²) < 4.78 is 5.27. The van der Waals surface area contributed by atoms with Crippen LogP contribution in [0.4, 0.5) is 0 Å². The fourth-order valence-corrected chi connectivity index (χ4v) is 3.06. The molecule has 1 heterocycles. The Morgan fingerprint density at radius 1 is 1.22 bits per heavy atom. The Morgan fingerprint density at radius 2 is 1.78 bits per heavy atom. The van der Waals surface area contributed by atoms with Gasteiger partial charge in [-0.3, -0.25) is 15.0 Å². The van der Waals surface area contributed by atoms with Crippen LogP contribution < -0.4 is 5.73 Å². The minimum absolute atomic E-state index is 0.0618. The molecule has 1 atom stereocenters. The molecule has 1 fully saturated rings. The molecule has 4 N–H and O–H groups in total. The van der Waals surface area contributed by atoms with Gasteiger partial charge in [-0.05, 0) is 12.8 Å². The van der Waals surface area contributed by atoms with E-state index >= 15 is 0 Å². The third-order valence-electron chi connectivity index (χ3n) is 4.63. The third kappa shape index (κ3) is 5.89. The molecule has 2 rings (SSSR count). The minimum Gasteiger partial charge on any atom is -0.480 e. The monoisotopic (exact) mass is 375 g/mol. The molecule has 1 aliphatic rings. The second kappa shape index (κ2) is 9.27. The first kappa shape index (κ1) is 20.6. The summed E-state index contributed by atoms with van der Waals surface area (Å²) in [4.78, 5) is 37.2. The molecule has 1 saturated heterocycles.